The van der Waals surface area contributed by atoms with Crippen molar-refractivity contribution in [2.75, 3.05) is 52.5 Å². The topological polar surface area (TPSA) is 50.7 Å². The predicted octanol–water partition coefficient (Wildman–Crippen LogP) is 2.86. The normalized spacial score (nSPS) is 24.8. The van der Waals surface area contributed by atoms with E-state index in [-0.39, 0.29) is 0 Å². The van der Waals surface area contributed by atoms with Crippen LogP contribution in [0.3, 0.4) is 0 Å². The predicted molar refractivity (Wildman–Crippen MR) is 111 cm³/mol. The van der Waals surface area contributed by atoms with Crippen molar-refractivity contribution in [2.24, 2.45) is 0 Å². The summed E-state index contributed by atoms with van der Waals surface area (Å²) in [6.45, 7) is 7.85. The minimum absolute atomic E-state index is 0.295. The molecule has 0 amide bonds. The van der Waals surface area contributed by atoms with Gasteiger partial charge in [0.2, 0.25) is 0 Å². The molecule has 0 spiro atoms. The van der Waals surface area contributed by atoms with Crippen LogP contribution in [0.25, 0.3) is 0 Å². The molecule has 2 aromatic rings. The fourth-order valence-corrected chi connectivity index (χ4v) is 5.02. The number of aromatic nitrogens is 2. The van der Waals surface area contributed by atoms with Crippen molar-refractivity contribution in [1.82, 2.24) is 19.8 Å². The average molecular weight is 395 g/mol. The number of hydrogen-bond acceptors (Lipinski definition) is 6. The summed E-state index contributed by atoms with van der Waals surface area (Å²) in [5.74, 6) is 1.29. The van der Waals surface area contributed by atoms with Crippen LogP contribution < -0.4 is 4.74 Å². The molecule has 0 saturated carbocycles. The van der Waals surface area contributed by atoms with E-state index in [0.717, 1.165) is 63.9 Å². The smallest absolute Gasteiger partial charge is 0.119 e. The van der Waals surface area contributed by atoms with E-state index in [4.69, 9.17) is 9.47 Å². The van der Waals surface area contributed by atoms with Gasteiger partial charge in [-0.15, -0.1) is 0 Å². The summed E-state index contributed by atoms with van der Waals surface area (Å²) in [5, 5.41) is 0. The van der Waals surface area contributed by atoms with Crippen LogP contribution in [0, 0.1) is 0 Å². The van der Waals surface area contributed by atoms with Crippen LogP contribution in [0.1, 0.15) is 48.0 Å². The summed E-state index contributed by atoms with van der Waals surface area (Å²) in [6, 6.07) is 7.22. The monoisotopic (exact) mass is 394 g/mol. The summed E-state index contributed by atoms with van der Waals surface area (Å²) in [4.78, 5) is 14.0. The fourth-order valence-electron chi connectivity index (χ4n) is 5.02. The van der Waals surface area contributed by atoms with E-state index in [9.17, 15) is 0 Å². The van der Waals surface area contributed by atoms with Gasteiger partial charge >= 0.3 is 0 Å². The Hall–Kier alpha value is -2.02. The first-order chi connectivity index (χ1) is 14.4. The SMILES string of the molecule is c1cnc(C2CN3CCCC3c3cc(OCCCN4CCOCC4)ccc32)cn1. The number of ether oxygens (including phenoxy) is 2. The van der Waals surface area contributed by atoms with E-state index < -0.39 is 0 Å². The number of fused-ring (bicyclic) bond motifs is 3. The zero-order valence-electron chi connectivity index (χ0n) is 17.0. The van der Waals surface area contributed by atoms with Gasteiger partial charge in [0.25, 0.3) is 0 Å². The molecular weight excluding hydrogens is 364 g/mol. The van der Waals surface area contributed by atoms with Crippen molar-refractivity contribution in [3.63, 3.8) is 0 Å². The van der Waals surface area contributed by atoms with Gasteiger partial charge in [0.05, 0.1) is 25.5 Å². The number of morpholine rings is 1. The van der Waals surface area contributed by atoms with Crippen molar-refractivity contribution in [1.29, 1.82) is 0 Å². The molecule has 0 radical (unpaired) electrons. The third-order valence-corrected chi connectivity index (χ3v) is 6.50. The van der Waals surface area contributed by atoms with E-state index in [1.165, 1.54) is 30.5 Å². The quantitative estimate of drug-likeness (QED) is 0.703. The Bertz CT molecular complexity index is 810. The second kappa shape index (κ2) is 8.78. The van der Waals surface area contributed by atoms with Crippen LogP contribution in [0.15, 0.2) is 36.8 Å². The molecule has 0 N–H and O–H groups in total. The highest BCUT2D eigenvalue weighted by molar-refractivity contribution is 5.45. The molecule has 1 aromatic heterocycles. The van der Waals surface area contributed by atoms with Crippen LogP contribution >= 0.6 is 0 Å². The Morgan fingerprint density at radius 2 is 2.03 bits per heavy atom. The lowest BCUT2D eigenvalue weighted by Gasteiger charge is -2.37. The first-order valence-electron chi connectivity index (χ1n) is 11.0. The lowest BCUT2D eigenvalue weighted by Crippen LogP contribution is -2.37. The molecule has 6 heteroatoms. The maximum absolute atomic E-state index is 6.15. The molecule has 3 aliphatic heterocycles. The van der Waals surface area contributed by atoms with Gasteiger partial charge in [-0.3, -0.25) is 19.8 Å². The number of nitrogens with zero attached hydrogens (tertiary/aromatic N) is 4. The van der Waals surface area contributed by atoms with Crippen molar-refractivity contribution < 1.29 is 9.47 Å². The molecule has 0 aliphatic carbocycles. The van der Waals surface area contributed by atoms with Crippen molar-refractivity contribution in [2.45, 2.75) is 31.2 Å². The molecule has 2 saturated heterocycles. The lowest BCUT2D eigenvalue weighted by molar-refractivity contribution is 0.0358. The van der Waals surface area contributed by atoms with Crippen LogP contribution in [0.5, 0.6) is 5.75 Å². The summed E-state index contributed by atoms with van der Waals surface area (Å²) in [7, 11) is 0. The highest BCUT2D eigenvalue weighted by Gasteiger charge is 2.37. The van der Waals surface area contributed by atoms with Gasteiger partial charge in [-0.1, -0.05) is 6.07 Å². The fraction of sp³-hybridized carbons (Fsp3) is 0.565. The second-order valence-electron chi connectivity index (χ2n) is 8.28. The average Bonchev–Trinajstić information content (AvgIpc) is 3.26. The van der Waals surface area contributed by atoms with E-state index in [2.05, 4.69) is 38.0 Å². The molecule has 154 valence electrons. The molecule has 2 fully saturated rings. The molecular formula is C23H30N4O2. The Balaban J connectivity index is 1.29. The van der Waals surface area contributed by atoms with E-state index in [0.29, 0.717) is 12.0 Å². The van der Waals surface area contributed by atoms with Gasteiger partial charge in [-0.2, -0.15) is 0 Å². The summed E-state index contributed by atoms with van der Waals surface area (Å²) >= 11 is 0. The van der Waals surface area contributed by atoms with Crippen molar-refractivity contribution >= 4 is 0 Å². The maximum atomic E-state index is 6.15. The number of rotatable bonds is 6. The largest absolute Gasteiger partial charge is 0.494 e. The number of hydrogen-bond donors (Lipinski definition) is 0. The van der Waals surface area contributed by atoms with Crippen LogP contribution in [-0.2, 0) is 4.74 Å². The third kappa shape index (κ3) is 4.15. The molecule has 3 aliphatic rings. The molecule has 4 heterocycles. The van der Waals surface area contributed by atoms with E-state index in [1.807, 2.05) is 6.20 Å². The van der Waals surface area contributed by atoms with Crippen LogP contribution in [0.2, 0.25) is 0 Å². The molecule has 6 nitrogen and oxygen atoms in total. The summed E-state index contributed by atoms with van der Waals surface area (Å²) < 4.78 is 11.6. The van der Waals surface area contributed by atoms with Gasteiger partial charge in [0.15, 0.2) is 0 Å². The van der Waals surface area contributed by atoms with Gasteiger partial charge < -0.3 is 9.47 Å². The zero-order valence-corrected chi connectivity index (χ0v) is 17.0. The van der Waals surface area contributed by atoms with Crippen LogP contribution in [0.4, 0.5) is 0 Å². The standard InChI is InChI=1S/C23H30N4O2/c1-3-23-20-15-18(29-12-2-8-26-10-13-28-14-11-26)4-5-19(20)21(17-27(23)9-1)22-16-24-6-7-25-22/h4-7,15-16,21,23H,1-3,8-14,17H2. The lowest BCUT2D eigenvalue weighted by atomic mass is 9.83. The minimum atomic E-state index is 0.295. The van der Waals surface area contributed by atoms with Gasteiger partial charge in [-0.05, 0) is 49.1 Å². The van der Waals surface area contributed by atoms with Gasteiger partial charge in [-0.25, -0.2) is 0 Å². The Morgan fingerprint density at radius 3 is 2.90 bits per heavy atom. The van der Waals surface area contributed by atoms with Crippen molar-refractivity contribution in [3.05, 3.63) is 53.6 Å². The first-order valence-corrected chi connectivity index (χ1v) is 11.0. The molecule has 29 heavy (non-hydrogen) atoms. The molecule has 2 atom stereocenters. The second-order valence-corrected chi connectivity index (χ2v) is 8.28. The molecule has 5 rings (SSSR count). The van der Waals surface area contributed by atoms with Crippen molar-refractivity contribution in [3.8, 4) is 5.75 Å². The third-order valence-electron chi connectivity index (χ3n) is 6.50. The van der Waals surface area contributed by atoms with Gasteiger partial charge in [0, 0.05) is 56.7 Å². The van der Waals surface area contributed by atoms with Gasteiger partial charge in [0.1, 0.15) is 5.75 Å². The highest BCUT2D eigenvalue weighted by atomic mass is 16.5. The van der Waals surface area contributed by atoms with E-state index in [1.54, 1.807) is 12.4 Å². The highest BCUT2D eigenvalue weighted by Crippen LogP contribution is 2.44. The zero-order chi connectivity index (χ0) is 19.5. The molecule has 0 bridgehead atoms. The first kappa shape index (κ1) is 19.0. The Morgan fingerprint density at radius 1 is 1.10 bits per heavy atom. The van der Waals surface area contributed by atoms with Crippen LogP contribution in [-0.4, -0.2) is 72.3 Å². The molecule has 1 aromatic carbocycles. The summed E-state index contributed by atoms with van der Waals surface area (Å²) in [5.41, 5.74) is 3.89. The number of benzene rings is 1. The van der Waals surface area contributed by atoms with E-state index >= 15 is 0 Å². The Labute approximate surface area is 172 Å². The molecule has 2 unspecified atom stereocenters. The summed E-state index contributed by atoms with van der Waals surface area (Å²) in [6.07, 6.45) is 9.02. The minimum Gasteiger partial charge on any atom is -0.494 e. The Kier molecular flexibility index (Phi) is 5.74. The maximum Gasteiger partial charge on any atom is 0.119 e.